The number of ether oxygens (including phenoxy) is 1. The summed E-state index contributed by atoms with van der Waals surface area (Å²) in [5.41, 5.74) is 2.23. The number of nitrogens with one attached hydrogen (secondary N) is 1. The third kappa shape index (κ3) is 3.78. The van der Waals surface area contributed by atoms with E-state index in [2.05, 4.69) is 10.2 Å². The van der Waals surface area contributed by atoms with E-state index in [1.165, 1.54) is 0 Å². The summed E-state index contributed by atoms with van der Waals surface area (Å²) in [7, 11) is 0. The third-order valence-electron chi connectivity index (χ3n) is 3.69. The van der Waals surface area contributed by atoms with Gasteiger partial charge in [-0.2, -0.15) is 0 Å². The molecule has 0 bridgehead atoms. The molecule has 2 aromatic carbocycles. The first-order chi connectivity index (χ1) is 11.1. The van der Waals surface area contributed by atoms with Gasteiger partial charge in [0.15, 0.2) is 0 Å². The fourth-order valence-corrected chi connectivity index (χ4v) is 2.79. The van der Waals surface area contributed by atoms with Crippen molar-refractivity contribution in [3.8, 4) is 0 Å². The van der Waals surface area contributed by atoms with Crippen LogP contribution >= 0.6 is 23.2 Å². The van der Waals surface area contributed by atoms with Gasteiger partial charge in [-0.05, 0) is 30.3 Å². The van der Waals surface area contributed by atoms with Gasteiger partial charge in [-0.25, -0.2) is 0 Å². The highest BCUT2D eigenvalue weighted by Crippen LogP contribution is 2.28. The van der Waals surface area contributed by atoms with E-state index in [1.807, 2.05) is 24.3 Å². The van der Waals surface area contributed by atoms with Crippen LogP contribution in [0.15, 0.2) is 42.5 Å². The van der Waals surface area contributed by atoms with E-state index >= 15 is 0 Å². The fourth-order valence-electron chi connectivity index (χ4n) is 2.49. The maximum absolute atomic E-state index is 12.5. The molecule has 1 amide bonds. The molecular weight excluding hydrogens is 335 g/mol. The minimum absolute atomic E-state index is 0.218. The van der Waals surface area contributed by atoms with Crippen molar-refractivity contribution in [2.75, 3.05) is 36.5 Å². The molecule has 1 saturated heterocycles. The molecule has 0 atom stereocenters. The van der Waals surface area contributed by atoms with Gasteiger partial charge in [0, 0.05) is 18.7 Å². The molecule has 1 N–H and O–H groups in total. The molecule has 1 heterocycles. The monoisotopic (exact) mass is 350 g/mol. The maximum Gasteiger partial charge on any atom is 0.255 e. The molecule has 0 saturated carbocycles. The number of carbonyl (C=O) groups is 1. The van der Waals surface area contributed by atoms with Crippen molar-refractivity contribution in [2.24, 2.45) is 0 Å². The van der Waals surface area contributed by atoms with Crippen LogP contribution in [0.5, 0.6) is 0 Å². The Morgan fingerprint density at radius 2 is 1.78 bits per heavy atom. The Morgan fingerprint density at radius 3 is 2.52 bits per heavy atom. The zero-order valence-corrected chi connectivity index (χ0v) is 13.9. The molecule has 1 fully saturated rings. The Hall–Kier alpha value is -1.75. The number of carbonyl (C=O) groups excluding carboxylic acids is 1. The summed E-state index contributed by atoms with van der Waals surface area (Å²) in [5, 5.41) is 3.74. The number of morpholine rings is 1. The molecule has 23 heavy (non-hydrogen) atoms. The number of anilines is 2. The first kappa shape index (κ1) is 16.1. The number of rotatable bonds is 3. The summed E-state index contributed by atoms with van der Waals surface area (Å²) in [5.74, 6) is -0.218. The summed E-state index contributed by atoms with van der Waals surface area (Å²) in [6.07, 6.45) is 0. The quantitative estimate of drug-likeness (QED) is 0.906. The van der Waals surface area contributed by atoms with Gasteiger partial charge in [-0.15, -0.1) is 0 Å². The number of benzene rings is 2. The van der Waals surface area contributed by atoms with Gasteiger partial charge in [0.25, 0.3) is 5.91 Å². The largest absolute Gasteiger partial charge is 0.378 e. The second kappa shape index (κ2) is 7.21. The van der Waals surface area contributed by atoms with Crippen LogP contribution in [0.1, 0.15) is 10.4 Å². The van der Waals surface area contributed by atoms with Crippen LogP contribution < -0.4 is 10.2 Å². The van der Waals surface area contributed by atoms with Gasteiger partial charge < -0.3 is 15.0 Å². The smallest absolute Gasteiger partial charge is 0.255 e. The number of amides is 1. The van der Waals surface area contributed by atoms with Crippen LogP contribution in [0.3, 0.4) is 0 Å². The van der Waals surface area contributed by atoms with Crippen molar-refractivity contribution < 1.29 is 9.53 Å². The van der Waals surface area contributed by atoms with Crippen molar-refractivity contribution in [1.29, 1.82) is 0 Å². The van der Waals surface area contributed by atoms with E-state index in [9.17, 15) is 4.79 Å². The predicted molar refractivity (Wildman–Crippen MR) is 93.9 cm³/mol. The highest BCUT2D eigenvalue weighted by molar-refractivity contribution is 6.42. The van der Waals surface area contributed by atoms with Crippen LogP contribution in [0.2, 0.25) is 10.0 Å². The number of nitrogens with zero attached hydrogens (tertiary/aromatic N) is 1. The van der Waals surface area contributed by atoms with Crippen LogP contribution in [0.25, 0.3) is 0 Å². The lowest BCUT2D eigenvalue weighted by atomic mass is 10.2. The molecule has 3 rings (SSSR count). The normalized spacial score (nSPS) is 14.6. The maximum atomic E-state index is 12.5. The second-order valence-electron chi connectivity index (χ2n) is 5.20. The summed E-state index contributed by atoms with van der Waals surface area (Å²) in [6, 6.07) is 12.6. The zero-order valence-electron chi connectivity index (χ0n) is 12.4. The Bertz CT molecular complexity index is 715. The summed E-state index contributed by atoms with van der Waals surface area (Å²) >= 11 is 11.9. The average Bonchev–Trinajstić information content (AvgIpc) is 2.58. The second-order valence-corrected chi connectivity index (χ2v) is 6.01. The molecule has 0 spiro atoms. The molecule has 1 aliphatic heterocycles. The molecule has 2 aromatic rings. The standard InChI is InChI=1S/C17H16Cl2N2O2/c18-13-6-5-12(11-14(13)19)17(22)20-15-3-1-2-4-16(15)21-7-9-23-10-8-21/h1-6,11H,7-10H2,(H,20,22). The van der Waals surface area contributed by atoms with Gasteiger partial charge >= 0.3 is 0 Å². The minimum Gasteiger partial charge on any atom is -0.378 e. The van der Waals surface area contributed by atoms with Crippen molar-refractivity contribution in [3.05, 3.63) is 58.1 Å². The molecule has 0 radical (unpaired) electrons. The van der Waals surface area contributed by atoms with Crippen LogP contribution in [0, 0.1) is 0 Å². The lowest BCUT2D eigenvalue weighted by Crippen LogP contribution is -2.36. The fraction of sp³-hybridized carbons (Fsp3) is 0.235. The third-order valence-corrected chi connectivity index (χ3v) is 4.42. The van der Waals surface area contributed by atoms with Crippen molar-refractivity contribution in [3.63, 3.8) is 0 Å². The average molecular weight is 351 g/mol. The molecule has 4 nitrogen and oxygen atoms in total. The Labute approximate surface area is 144 Å². The summed E-state index contributed by atoms with van der Waals surface area (Å²) in [4.78, 5) is 14.7. The lowest BCUT2D eigenvalue weighted by Gasteiger charge is -2.30. The topological polar surface area (TPSA) is 41.6 Å². The van der Waals surface area contributed by atoms with Gasteiger partial charge in [-0.3, -0.25) is 4.79 Å². The minimum atomic E-state index is -0.218. The Balaban J connectivity index is 1.82. The van der Waals surface area contributed by atoms with E-state index in [4.69, 9.17) is 27.9 Å². The molecule has 1 aliphatic rings. The van der Waals surface area contributed by atoms with Gasteiger partial charge in [0.05, 0.1) is 34.6 Å². The van der Waals surface area contributed by atoms with E-state index in [0.717, 1.165) is 24.5 Å². The van der Waals surface area contributed by atoms with E-state index in [-0.39, 0.29) is 5.91 Å². The summed E-state index contributed by atoms with van der Waals surface area (Å²) < 4.78 is 5.38. The van der Waals surface area contributed by atoms with Crippen LogP contribution in [-0.2, 0) is 4.74 Å². The predicted octanol–water partition coefficient (Wildman–Crippen LogP) is 4.08. The zero-order chi connectivity index (χ0) is 16.2. The summed E-state index contributed by atoms with van der Waals surface area (Å²) in [6.45, 7) is 2.99. The van der Waals surface area contributed by atoms with Crippen molar-refractivity contribution >= 4 is 40.5 Å². The molecule has 0 aromatic heterocycles. The lowest BCUT2D eigenvalue weighted by molar-refractivity contribution is 0.102. The molecule has 0 unspecified atom stereocenters. The van der Waals surface area contributed by atoms with Crippen LogP contribution in [-0.4, -0.2) is 32.2 Å². The molecular formula is C17H16Cl2N2O2. The molecule has 6 heteroatoms. The van der Waals surface area contributed by atoms with E-state index in [1.54, 1.807) is 18.2 Å². The van der Waals surface area contributed by atoms with E-state index in [0.29, 0.717) is 28.8 Å². The number of hydrogen-bond donors (Lipinski definition) is 1. The van der Waals surface area contributed by atoms with E-state index < -0.39 is 0 Å². The van der Waals surface area contributed by atoms with Crippen molar-refractivity contribution in [1.82, 2.24) is 0 Å². The molecule has 120 valence electrons. The number of para-hydroxylation sites is 2. The Kier molecular flexibility index (Phi) is 5.06. The van der Waals surface area contributed by atoms with Crippen molar-refractivity contribution in [2.45, 2.75) is 0 Å². The SMILES string of the molecule is O=C(Nc1ccccc1N1CCOCC1)c1ccc(Cl)c(Cl)c1. The van der Waals surface area contributed by atoms with Gasteiger partial charge in [-0.1, -0.05) is 35.3 Å². The highest BCUT2D eigenvalue weighted by atomic mass is 35.5. The highest BCUT2D eigenvalue weighted by Gasteiger charge is 2.16. The van der Waals surface area contributed by atoms with Gasteiger partial charge in [0.1, 0.15) is 0 Å². The first-order valence-corrected chi connectivity index (χ1v) is 8.09. The molecule has 0 aliphatic carbocycles. The number of hydrogen-bond acceptors (Lipinski definition) is 3. The Morgan fingerprint density at radius 1 is 1.04 bits per heavy atom. The van der Waals surface area contributed by atoms with Gasteiger partial charge in [0.2, 0.25) is 0 Å². The first-order valence-electron chi connectivity index (χ1n) is 7.33. The number of halogens is 2. The van der Waals surface area contributed by atoms with Crippen LogP contribution in [0.4, 0.5) is 11.4 Å².